The first-order valence-electron chi connectivity index (χ1n) is 6.34. The Bertz CT molecular complexity index is 556. The van der Waals surface area contributed by atoms with E-state index in [4.69, 9.17) is 4.74 Å². The first-order chi connectivity index (χ1) is 9.67. The van der Waals surface area contributed by atoms with Crippen molar-refractivity contribution < 1.29 is 4.74 Å². The lowest BCUT2D eigenvalue weighted by Gasteiger charge is -2.19. The molecular weight excluding hydrogens is 406 g/mol. The second-order valence-corrected chi connectivity index (χ2v) is 7.41. The van der Waals surface area contributed by atoms with E-state index >= 15 is 0 Å². The predicted octanol–water partition coefficient (Wildman–Crippen LogP) is 3.81. The van der Waals surface area contributed by atoms with E-state index in [0.717, 1.165) is 27.0 Å². The summed E-state index contributed by atoms with van der Waals surface area (Å²) in [7, 11) is 1.70. The van der Waals surface area contributed by atoms with Gasteiger partial charge in [-0.1, -0.05) is 6.92 Å². The van der Waals surface area contributed by atoms with E-state index in [-0.39, 0.29) is 6.04 Å². The zero-order chi connectivity index (χ0) is 14.5. The van der Waals surface area contributed by atoms with Gasteiger partial charge in [0, 0.05) is 7.11 Å². The molecule has 0 radical (unpaired) electrons. The number of nitrogens with one attached hydrogen (secondary N) is 1. The lowest BCUT2D eigenvalue weighted by atomic mass is 10.1. The van der Waals surface area contributed by atoms with Gasteiger partial charge in [-0.2, -0.15) is 5.10 Å². The molecule has 1 atom stereocenters. The van der Waals surface area contributed by atoms with Gasteiger partial charge >= 0.3 is 0 Å². The summed E-state index contributed by atoms with van der Waals surface area (Å²) in [5.41, 5.74) is 2.37. The molecule has 0 aliphatic carbocycles. The molecule has 0 aliphatic heterocycles. The maximum Gasteiger partial charge on any atom is 0.0768 e. The van der Waals surface area contributed by atoms with Crippen LogP contribution in [0.15, 0.2) is 25.9 Å². The number of rotatable bonds is 7. The van der Waals surface area contributed by atoms with E-state index in [2.05, 4.69) is 60.6 Å². The third-order valence-electron chi connectivity index (χ3n) is 2.94. The van der Waals surface area contributed by atoms with Crippen LogP contribution in [0.5, 0.6) is 0 Å². The van der Waals surface area contributed by atoms with Crippen molar-refractivity contribution in [3.05, 3.63) is 37.2 Å². The molecule has 1 N–H and O–H groups in total. The number of ether oxygens (including phenoxy) is 1. The molecule has 20 heavy (non-hydrogen) atoms. The predicted molar refractivity (Wildman–Crippen MR) is 89.3 cm³/mol. The average Bonchev–Trinajstić information content (AvgIpc) is 3.01. The smallest absolute Gasteiger partial charge is 0.0768 e. The van der Waals surface area contributed by atoms with Crippen LogP contribution < -0.4 is 5.32 Å². The SMILES string of the molecule is CCNC(c1csc(Br)c1)c1c(Br)cnn1CCOC. The fourth-order valence-electron chi connectivity index (χ4n) is 2.07. The molecule has 0 bridgehead atoms. The van der Waals surface area contributed by atoms with Gasteiger partial charge in [-0.3, -0.25) is 4.68 Å². The first-order valence-corrected chi connectivity index (χ1v) is 8.81. The van der Waals surface area contributed by atoms with E-state index in [1.165, 1.54) is 5.56 Å². The Balaban J connectivity index is 2.35. The molecule has 2 rings (SSSR count). The molecule has 0 amide bonds. The molecule has 0 saturated carbocycles. The highest BCUT2D eigenvalue weighted by molar-refractivity contribution is 9.11. The quantitative estimate of drug-likeness (QED) is 0.737. The molecule has 0 aliphatic rings. The highest BCUT2D eigenvalue weighted by Crippen LogP contribution is 2.32. The molecule has 0 fully saturated rings. The van der Waals surface area contributed by atoms with Crippen molar-refractivity contribution in [3.63, 3.8) is 0 Å². The molecule has 110 valence electrons. The zero-order valence-electron chi connectivity index (χ0n) is 11.4. The van der Waals surface area contributed by atoms with Crippen molar-refractivity contribution in [2.75, 3.05) is 20.3 Å². The van der Waals surface area contributed by atoms with Gasteiger partial charge in [-0.15, -0.1) is 11.3 Å². The van der Waals surface area contributed by atoms with Crippen LogP contribution in [0.25, 0.3) is 0 Å². The molecule has 0 aromatic carbocycles. The van der Waals surface area contributed by atoms with E-state index in [1.54, 1.807) is 18.4 Å². The zero-order valence-corrected chi connectivity index (χ0v) is 15.4. The second kappa shape index (κ2) is 7.70. The summed E-state index contributed by atoms with van der Waals surface area (Å²) in [6.45, 7) is 4.39. The summed E-state index contributed by atoms with van der Waals surface area (Å²) in [5.74, 6) is 0. The van der Waals surface area contributed by atoms with Crippen molar-refractivity contribution in [3.8, 4) is 0 Å². The Labute approximate surface area is 139 Å². The molecule has 2 aromatic heterocycles. The number of halogens is 2. The van der Waals surface area contributed by atoms with Crippen LogP contribution in [0.2, 0.25) is 0 Å². The monoisotopic (exact) mass is 421 g/mol. The van der Waals surface area contributed by atoms with Gasteiger partial charge in [0.1, 0.15) is 0 Å². The maximum atomic E-state index is 5.16. The van der Waals surface area contributed by atoms with Crippen LogP contribution in [0, 0.1) is 0 Å². The van der Waals surface area contributed by atoms with Crippen molar-refractivity contribution in [1.82, 2.24) is 15.1 Å². The fourth-order valence-corrected chi connectivity index (χ4v) is 3.79. The minimum atomic E-state index is 0.122. The van der Waals surface area contributed by atoms with Gasteiger partial charge in [0.25, 0.3) is 0 Å². The molecule has 4 nitrogen and oxygen atoms in total. The second-order valence-electron chi connectivity index (χ2n) is 4.27. The van der Waals surface area contributed by atoms with Crippen molar-refractivity contribution in [1.29, 1.82) is 0 Å². The fraction of sp³-hybridized carbons (Fsp3) is 0.462. The van der Waals surface area contributed by atoms with Gasteiger partial charge in [0.05, 0.1) is 39.3 Å². The number of methoxy groups -OCH3 is 1. The number of thiophene rings is 1. The Hall–Kier alpha value is -0.210. The highest BCUT2D eigenvalue weighted by Gasteiger charge is 2.22. The minimum Gasteiger partial charge on any atom is -0.383 e. The number of hydrogen-bond acceptors (Lipinski definition) is 4. The third-order valence-corrected chi connectivity index (χ3v) is 5.08. The average molecular weight is 423 g/mol. The molecule has 2 heterocycles. The normalized spacial score (nSPS) is 12.8. The summed E-state index contributed by atoms with van der Waals surface area (Å²) in [6, 6.07) is 2.27. The van der Waals surface area contributed by atoms with Crippen LogP contribution in [0.4, 0.5) is 0 Å². The first kappa shape index (κ1) is 16.2. The highest BCUT2D eigenvalue weighted by atomic mass is 79.9. The lowest BCUT2D eigenvalue weighted by molar-refractivity contribution is 0.182. The van der Waals surface area contributed by atoms with Gasteiger partial charge < -0.3 is 10.1 Å². The minimum absolute atomic E-state index is 0.122. The van der Waals surface area contributed by atoms with E-state index in [9.17, 15) is 0 Å². The van der Waals surface area contributed by atoms with E-state index in [0.29, 0.717) is 6.61 Å². The van der Waals surface area contributed by atoms with Crippen LogP contribution in [0.1, 0.15) is 24.2 Å². The van der Waals surface area contributed by atoms with Gasteiger partial charge in [0.15, 0.2) is 0 Å². The largest absolute Gasteiger partial charge is 0.383 e. The molecule has 0 spiro atoms. The standard InChI is InChI=1S/C13H17Br2N3OS/c1-3-16-12(9-6-11(15)20-8-9)13-10(14)7-17-18(13)4-5-19-2/h6-8,12,16H,3-5H2,1-2H3. The Morgan fingerprint density at radius 2 is 2.30 bits per heavy atom. The summed E-state index contributed by atoms with van der Waals surface area (Å²) in [6.07, 6.45) is 1.84. The third kappa shape index (κ3) is 3.71. The summed E-state index contributed by atoms with van der Waals surface area (Å²) in [5, 5.41) is 10.1. The maximum absolute atomic E-state index is 5.16. The number of aromatic nitrogens is 2. The molecule has 2 aromatic rings. The van der Waals surface area contributed by atoms with Crippen LogP contribution in [-0.4, -0.2) is 30.0 Å². The Kier molecular flexibility index (Phi) is 6.22. The van der Waals surface area contributed by atoms with Crippen molar-refractivity contribution in [2.45, 2.75) is 19.5 Å². The van der Waals surface area contributed by atoms with Crippen LogP contribution >= 0.6 is 43.2 Å². The molecule has 0 saturated heterocycles. The number of nitrogens with zero attached hydrogens (tertiary/aromatic N) is 2. The van der Waals surface area contributed by atoms with Gasteiger partial charge in [0.2, 0.25) is 0 Å². The molecule has 1 unspecified atom stereocenters. The van der Waals surface area contributed by atoms with E-state index in [1.807, 2.05) is 10.9 Å². The van der Waals surface area contributed by atoms with Gasteiger partial charge in [-0.25, -0.2) is 0 Å². The molecule has 7 heteroatoms. The van der Waals surface area contributed by atoms with Crippen molar-refractivity contribution >= 4 is 43.2 Å². The number of hydrogen-bond donors (Lipinski definition) is 1. The molecular formula is C13H17Br2N3OS. The summed E-state index contributed by atoms with van der Waals surface area (Å²) >= 11 is 8.83. The van der Waals surface area contributed by atoms with Crippen LogP contribution in [-0.2, 0) is 11.3 Å². The van der Waals surface area contributed by atoms with Crippen molar-refractivity contribution in [2.24, 2.45) is 0 Å². The van der Waals surface area contributed by atoms with Gasteiger partial charge in [-0.05, 0) is 55.4 Å². The van der Waals surface area contributed by atoms with Crippen LogP contribution in [0.3, 0.4) is 0 Å². The van der Waals surface area contributed by atoms with E-state index < -0.39 is 0 Å². The topological polar surface area (TPSA) is 39.1 Å². The lowest BCUT2D eigenvalue weighted by Crippen LogP contribution is -2.25. The Morgan fingerprint density at radius 1 is 1.50 bits per heavy atom. The summed E-state index contributed by atoms with van der Waals surface area (Å²) < 4.78 is 9.30. The Morgan fingerprint density at radius 3 is 2.90 bits per heavy atom. The summed E-state index contributed by atoms with van der Waals surface area (Å²) in [4.78, 5) is 0.